The third-order valence-electron chi connectivity index (χ3n) is 6.94. The molecule has 3 heterocycles. The van der Waals surface area contributed by atoms with Gasteiger partial charge in [0.15, 0.2) is 21.4 Å². The molecule has 6 rings (SSSR count). The van der Waals surface area contributed by atoms with Crippen LogP contribution in [0.5, 0.6) is 0 Å². The molecular formula is C27H24FN3O3S. The molecule has 4 aromatic rings. The van der Waals surface area contributed by atoms with Crippen molar-refractivity contribution >= 4 is 26.5 Å². The number of benzene rings is 2. The predicted molar refractivity (Wildman–Crippen MR) is 132 cm³/mol. The molecule has 6 nitrogen and oxygen atoms in total. The second kappa shape index (κ2) is 8.37. The van der Waals surface area contributed by atoms with Gasteiger partial charge in [-0.1, -0.05) is 24.3 Å². The van der Waals surface area contributed by atoms with E-state index in [1.165, 1.54) is 24.5 Å². The fourth-order valence-corrected chi connectivity index (χ4v) is 6.80. The summed E-state index contributed by atoms with van der Waals surface area (Å²) in [6.45, 7) is 0. The first kappa shape index (κ1) is 22.1. The quantitative estimate of drug-likeness (QED) is 0.352. The second-order valence-electron chi connectivity index (χ2n) is 9.62. The van der Waals surface area contributed by atoms with Crippen molar-refractivity contribution in [1.29, 1.82) is 0 Å². The monoisotopic (exact) mass is 489 g/mol. The molecule has 1 aliphatic heterocycles. The van der Waals surface area contributed by atoms with Gasteiger partial charge in [-0.3, -0.25) is 4.79 Å². The number of Topliss-reactive ketones (excluding diaryl/α,β-unsaturated/α-hetero) is 1. The molecule has 35 heavy (non-hydrogen) atoms. The summed E-state index contributed by atoms with van der Waals surface area (Å²) >= 11 is 0. The number of sulfone groups is 1. The van der Waals surface area contributed by atoms with E-state index in [9.17, 15) is 17.6 Å². The van der Waals surface area contributed by atoms with Crippen molar-refractivity contribution in [1.82, 2.24) is 14.8 Å². The summed E-state index contributed by atoms with van der Waals surface area (Å²) in [5.41, 5.74) is 4.25. The van der Waals surface area contributed by atoms with Crippen molar-refractivity contribution in [3.63, 3.8) is 0 Å². The molecule has 2 aliphatic rings. The van der Waals surface area contributed by atoms with Crippen LogP contribution in [-0.2, 0) is 9.84 Å². The molecule has 1 aliphatic carbocycles. The van der Waals surface area contributed by atoms with Crippen LogP contribution in [0.3, 0.4) is 0 Å². The number of fused-ring (bicyclic) bond motifs is 1. The zero-order valence-corrected chi connectivity index (χ0v) is 19.8. The minimum Gasteiger partial charge on any atom is -0.294 e. The van der Waals surface area contributed by atoms with Gasteiger partial charge in [-0.2, -0.15) is 5.10 Å². The molecule has 8 heteroatoms. The topological polar surface area (TPSA) is 81.9 Å². The average Bonchev–Trinajstić information content (AvgIpc) is 3.55. The van der Waals surface area contributed by atoms with E-state index in [-0.39, 0.29) is 29.6 Å². The number of halogens is 1. The summed E-state index contributed by atoms with van der Waals surface area (Å²) in [4.78, 5) is 17.3. The first-order valence-electron chi connectivity index (χ1n) is 11.8. The molecule has 178 valence electrons. The Balaban J connectivity index is 1.43. The maximum atomic E-state index is 13.6. The molecule has 0 amide bonds. The fourth-order valence-electron chi connectivity index (χ4n) is 4.94. The van der Waals surface area contributed by atoms with E-state index in [2.05, 4.69) is 17.1 Å². The Morgan fingerprint density at radius 1 is 1.06 bits per heavy atom. The van der Waals surface area contributed by atoms with Crippen LogP contribution in [0.15, 0.2) is 60.8 Å². The number of aromatic nitrogens is 3. The van der Waals surface area contributed by atoms with E-state index in [1.54, 1.807) is 22.9 Å². The van der Waals surface area contributed by atoms with Crippen LogP contribution in [0.4, 0.5) is 4.39 Å². The van der Waals surface area contributed by atoms with Crippen LogP contribution in [0.25, 0.3) is 28.0 Å². The van der Waals surface area contributed by atoms with Crippen LogP contribution in [0.1, 0.15) is 47.5 Å². The van der Waals surface area contributed by atoms with E-state index >= 15 is 0 Å². The number of ketones is 1. The standard InChI is InChI=1S/C27H24FN3O3S/c28-22-7-9-26(29-15-22)31-24-14-20(25(32)12-17-10-11-35(33,34)16-17)6-8-23(24)27(30-31)21-3-1-2-19(13-21)18-4-5-18/h1-3,6-9,13-15,17-18H,4-5,10-12,16H2. The van der Waals surface area contributed by atoms with Crippen LogP contribution in [0, 0.1) is 11.7 Å². The normalized spacial score (nSPS) is 19.3. The van der Waals surface area contributed by atoms with Crippen molar-refractivity contribution in [2.75, 3.05) is 11.5 Å². The largest absolute Gasteiger partial charge is 0.294 e. The molecule has 0 N–H and O–H groups in total. The van der Waals surface area contributed by atoms with Crippen LogP contribution in [-0.4, -0.2) is 40.5 Å². The Morgan fingerprint density at radius 2 is 1.91 bits per heavy atom. The smallest absolute Gasteiger partial charge is 0.163 e. The summed E-state index contributed by atoms with van der Waals surface area (Å²) in [5.74, 6) is 0.595. The highest BCUT2D eigenvalue weighted by molar-refractivity contribution is 7.91. The number of hydrogen-bond donors (Lipinski definition) is 0. The lowest BCUT2D eigenvalue weighted by Gasteiger charge is -2.08. The Hall–Kier alpha value is -3.39. The Morgan fingerprint density at radius 3 is 2.63 bits per heavy atom. The lowest BCUT2D eigenvalue weighted by Crippen LogP contribution is -2.11. The third kappa shape index (κ3) is 4.38. The maximum Gasteiger partial charge on any atom is 0.163 e. The van der Waals surface area contributed by atoms with Gasteiger partial charge in [-0.05, 0) is 67.0 Å². The average molecular weight is 490 g/mol. The molecule has 1 saturated carbocycles. The summed E-state index contributed by atoms with van der Waals surface area (Å²) in [6.07, 6.45) is 4.27. The number of carbonyl (C=O) groups is 1. The Labute approximate surface area is 202 Å². The SMILES string of the molecule is O=C(CC1CCS(=O)(=O)C1)c1ccc2c(-c3cccc(C4CC4)c3)nn(-c3ccc(F)cn3)c2c1. The number of hydrogen-bond acceptors (Lipinski definition) is 5. The van der Waals surface area contributed by atoms with E-state index in [0.29, 0.717) is 29.2 Å². The van der Waals surface area contributed by atoms with Gasteiger partial charge < -0.3 is 0 Å². The lowest BCUT2D eigenvalue weighted by molar-refractivity contribution is 0.0966. The van der Waals surface area contributed by atoms with Gasteiger partial charge in [-0.25, -0.2) is 22.5 Å². The molecule has 2 aromatic carbocycles. The number of carbonyl (C=O) groups excluding carboxylic acids is 1. The molecule has 2 fully saturated rings. The van der Waals surface area contributed by atoms with Crippen LogP contribution < -0.4 is 0 Å². The highest BCUT2D eigenvalue weighted by atomic mass is 32.2. The second-order valence-corrected chi connectivity index (χ2v) is 11.9. The highest BCUT2D eigenvalue weighted by Crippen LogP contribution is 2.41. The maximum absolute atomic E-state index is 13.6. The molecule has 0 spiro atoms. The van der Waals surface area contributed by atoms with Gasteiger partial charge in [0.1, 0.15) is 11.5 Å². The first-order chi connectivity index (χ1) is 16.9. The van der Waals surface area contributed by atoms with E-state index in [0.717, 1.165) is 22.8 Å². The van der Waals surface area contributed by atoms with E-state index < -0.39 is 15.7 Å². The zero-order chi connectivity index (χ0) is 24.2. The van der Waals surface area contributed by atoms with Crippen LogP contribution in [0.2, 0.25) is 0 Å². The van der Waals surface area contributed by atoms with Gasteiger partial charge in [0.05, 0.1) is 23.2 Å². The zero-order valence-electron chi connectivity index (χ0n) is 19.0. The van der Waals surface area contributed by atoms with Gasteiger partial charge >= 0.3 is 0 Å². The van der Waals surface area contributed by atoms with Crippen molar-refractivity contribution in [3.05, 3.63) is 77.7 Å². The van der Waals surface area contributed by atoms with Crippen LogP contribution >= 0.6 is 0 Å². The highest BCUT2D eigenvalue weighted by Gasteiger charge is 2.30. The summed E-state index contributed by atoms with van der Waals surface area (Å²) in [6, 6.07) is 16.7. The minimum absolute atomic E-state index is 0.0693. The van der Waals surface area contributed by atoms with Gasteiger partial charge in [0, 0.05) is 22.9 Å². The van der Waals surface area contributed by atoms with Gasteiger partial charge in [0.25, 0.3) is 0 Å². The summed E-state index contributed by atoms with van der Waals surface area (Å²) in [7, 11) is -3.04. The Kier molecular flexibility index (Phi) is 5.29. The molecule has 1 unspecified atom stereocenters. The summed E-state index contributed by atoms with van der Waals surface area (Å²) in [5, 5.41) is 5.71. The minimum atomic E-state index is -3.04. The van der Waals surface area contributed by atoms with Crippen molar-refractivity contribution in [2.45, 2.75) is 31.6 Å². The van der Waals surface area contributed by atoms with Gasteiger partial charge in [0.2, 0.25) is 0 Å². The predicted octanol–water partition coefficient (Wildman–Crippen LogP) is 5.11. The number of pyridine rings is 1. The first-order valence-corrected chi connectivity index (χ1v) is 13.7. The molecule has 2 aromatic heterocycles. The molecule has 0 bridgehead atoms. The van der Waals surface area contributed by atoms with Gasteiger partial charge in [-0.15, -0.1) is 0 Å². The number of rotatable bonds is 6. The summed E-state index contributed by atoms with van der Waals surface area (Å²) < 4.78 is 38.8. The fraction of sp³-hybridized carbons (Fsp3) is 0.296. The lowest BCUT2D eigenvalue weighted by atomic mass is 9.96. The molecule has 0 radical (unpaired) electrons. The van der Waals surface area contributed by atoms with E-state index in [1.807, 2.05) is 18.2 Å². The number of nitrogens with zero attached hydrogens (tertiary/aromatic N) is 3. The van der Waals surface area contributed by atoms with Crippen molar-refractivity contribution in [2.24, 2.45) is 5.92 Å². The van der Waals surface area contributed by atoms with Crippen molar-refractivity contribution < 1.29 is 17.6 Å². The molecule has 1 saturated heterocycles. The van der Waals surface area contributed by atoms with E-state index in [4.69, 9.17) is 5.10 Å². The molecule has 1 atom stereocenters. The third-order valence-corrected chi connectivity index (χ3v) is 8.78. The molecular weight excluding hydrogens is 465 g/mol. The van der Waals surface area contributed by atoms with Crippen molar-refractivity contribution in [3.8, 4) is 17.1 Å². The Bertz CT molecular complexity index is 1560.